The maximum Gasteiger partial charge on any atom is 0.303 e. The van der Waals surface area contributed by atoms with E-state index in [-0.39, 0.29) is 24.4 Å². The number of nitrogens with one attached hydrogen (secondary N) is 1. The lowest BCUT2D eigenvalue weighted by Crippen LogP contribution is -2.50. The normalized spacial score (nSPS) is 22.2. The topological polar surface area (TPSA) is 69.6 Å². The molecule has 0 bridgehead atoms. The number of carbonyl (C=O) groups is 2. The van der Waals surface area contributed by atoms with Gasteiger partial charge in [0.05, 0.1) is 6.04 Å². The van der Waals surface area contributed by atoms with E-state index in [1.54, 1.807) is 0 Å². The maximum absolute atomic E-state index is 12.0. The van der Waals surface area contributed by atoms with E-state index in [4.69, 9.17) is 5.11 Å². The van der Waals surface area contributed by atoms with Crippen molar-refractivity contribution in [2.45, 2.75) is 58.5 Å². The van der Waals surface area contributed by atoms with Crippen molar-refractivity contribution >= 4 is 11.9 Å². The molecule has 0 aliphatic carbocycles. The predicted octanol–water partition coefficient (Wildman–Crippen LogP) is 1.48. The molecule has 0 radical (unpaired) electrons. The third-order valence-corrected chi connectivity index (χ3v) is 3.67. The molecule has 1 fully saturated rings. The molecule has 1 aliphatic heterocycles. The van der Waals surface area contributed by atoms with Crippen LogP contribution < -0.4 is 5.32 Å². The van der Waals surface area contributed by atoms with Crippen molar-refractivity contribution in [2.24, 2.45) is 5.92 Å². The van der Waals surface area contributed by atoms with E-state index in [0.717, 1.165) is 25.9 Å². The van der Waals surface area contributed by atoms with Crippen LogP contribution in [0.5, 0.6) is 0 Å². The zero-order valence-corrected chi connectivity index (χ0v) is 12.2. The van der Waals surface area contributed by atoms with Crippen LogP contribution in [0, 0.1) is 5.92 Å². The van der Waals surface area contributed by atoms with Gasteiger partial charge in [-0.25, -0.2) is 0 Å². The monoisotopic (exact) mass is 270 g/mol. The van der Waals surface area contributed by atoms with E-state index in [0.29, 0.717) is 12.3 Å². The summed E-state index contributed by atoms with van der Waals surface area (Å²) >= 11 is 0. The molecule has 5 nitrogen and oxygen atoms in total. The van der Waals surface area contributed by atoms with Crippen molar-refractivity contribution in [1.82, 2.24) is 10.2 Å². The smallest absolute Gasteiger partial charge is 0.303 e. The summed E-state index contributed by atoms with van der Waals surface area (Å²) in [6.45, 7) is 7.60. The number of nitrogens with zero attached hydrogens (tertiary/aromatic N) is 1. The van der Waals surface area contributed by atoms with Gasteiger partial charge in [0.2, 0.25) is 5.91 Å². The molecule has 2 N–H and O–H groups in total. The lowest BCUT2D eigenvalue weighted by molar-refractivity contribution is -0.137. The summed E-state index contributed by atoms with van der Waals surface area (Å²) in [5.74, 6) is -0.268. The summed E-state index contributed by atoms with van der Waals surface area (Å²) in [5.41, 5.74) is 0. The number of carbonyl (C=O) groups excluding carboxylic acids is 1. The Morgan fingerprint density at radius 1 is 1.37 bits per heavy atom. The molecule has 1 rings (SSSR count). The lowest BCUT2D eigenvalue weighted by Gasteiger charge is -2.36. The molecule has 1 aliphatic rings. The standard InChI is InChI=1S/C14H26N2O3/c1-10(2)15-14(19)11(3)16-8-4-5-12(9-16)6-7-13(17)18/h10-12H,4-9H2,1-3H3,(H,15,19)(H,17,18). The average Bonchev–Trinajstić information content (AvgIpc) is 2.35. The Balaban J connectivity index is 2.44. The quantitative estimate of drug-likeness (QED) is 0.767. The first-order valence-corrected chi connectivity index (χ1v) is 7.16. The van der Waals surface area contributed by atoms with Gasteiger partial charge in [-0.2, -0.15) is 0 Å². The van der Waals surface area contributed by atoms with Crippen molar-refractivity contribution < 1.29 is 14.7 Å². The van der Waals surface area contributed by atoms with Crippen LogP contribution in [0.4, 0.5) is 0 Å². The second-order valence-corrected chi connectivity index (χ2v) is 5.77. The van der Waals surface area contributed by atoms with Crippen molar-refractivity contribution in [3.8, 4) is 0 Å². The number of likely N-dealkylation sites (tertiary alicyclic amines) is 1. The number of hydrogen-bond donors (Lipinski definition) is 2. The van der Waals surface area contributed by atoms with Crippen LogP contribution in [0.25, 0.3) is 0 Å². The van der Waals surface area contributed by atoms with Crippen LogP contribution in [0.2, 0.25) is 0 Å². The highest BCUT2D eigenvalue weighted by Crippen LogP contribution is 2.22. The summed E-state index contributed by atoms with van der Waals surface area (Å²) in [6, 6.07) is 0.0255. The van der Waals surface area contributed by atoms with Crippen LogP contribution in [0.3, 0.4) is 0 Å². The largest absolute Gasteiger partial charge is 0.481 e. The van der Waals surface area contributed by atoms with Crippen molar-refractivity contribution in [3.63, 3.8) is 0 Å². The van der Waals surface area contributed by atoms with E-state index >= 15 is 0 Å². The van der Waals surface area contributed by atoms with Gasteiger partial charge in [-0.1, -0.05) is 0 Å². The first-order chi connectivity index (χ1) is 8.90. The highest BCUT2D eigenvalue weighted by molar-refractivity contribution is 5.81. The Morgan fingerprint density at radius 2 is 2.05 bits per heavy atom. The second kappa shape index (κ2) is 7.48. The van der Waals surface area contributed by atoms with Gasteiger partial charge in [-0.3, -0.25) is 14.5 Å². The van der Waals surface area contributed by atoms with E-state index in [1.807, 2.05) is 20.8 Å². The third kappa shape index (κ3) is 5.59. The fourth-order valence-electron chi connectivity index (χ4n) is 2.58. The molecular weight excluding hydrogens is 244 g/mol. The number of carboxylic acid groups (broad SMARTS) is 1. The predicted molar refractivity (Wildman–Crippen MR) is 73.9 cm³/mol. The van der Waals surface area contributed by atoms with Crippen molar-refractivity contribution in [1.29, 1.82) is 0 Å². The highest BCUT2D eigenvalue weighted by atomic mass is 16.4. The highest BCUT2D eigenvalue weighted by Gasteiger charge is 2.27. The molecule has 1 saturated heterocycles. The first-order valence-electron chi connectivity index (χ1n) is 7.16. The fourth-order valence-corrected chi connectivity index (χ4v) is 2.58. The van der Waals surface area contributed by atoms with Gasteiger partial charge >= 0.3 is 5.97 Å². The molecule has 0 aromatic carbocycles. The minimum Gasteiger partial charge on any atom is -0.481 e. The van der Waals surface area contributed by atoms with Crippen molar-refractivity contribution in [3.05, 3.63) is 0 Å². The van der Waals surface area contributed by atoms with Gasteiger partial charge in [0.15, 0.2) is 0 Å². The molecule has 1 amide bonds. The Hall–Kier alpha value is -1.10. The van der Waals surface area contributed by atoms with E-state index in [1.165, 1.54) is 0 Å². The number of amides is 1. The van der Waals surface area contributed by atoms with Crippen LogP contribution >= 0.6 is 0 Å². The lowest BCUT2D eigenvalue weighted by atomic mass is 9.92. The van der Waals surface area contributed by atoms with Gasteiger partial charge in [0.1, 0.15) is 0 Å². The number of hydrogen-bond acceptors (Lipinski definition) is 3. The molecule has 0 aromatic heterocycles. The molecule has 0 aromatic rings. The third-order valence-electron chi connectivity index (χ3n) is 3.67. The van der Waals surface area contributed by atoms with Crippen LogP contribution in [-0.2, 0) is 9.59 Å². The zero-order chi connectivity index (χ0) is 14.4. The maximum atomic E-state index is 12.0. The second-order valence-electron chi connectivity index (χ2n) is 5.77. The molecule has 110 valence electrons. The fraction of sp³-hybridized carbons (Fsp3) is 0.857. The molecule has 0 saturated carbocycles. The van der Waals surface area contributed by atoms with Crippen LogP contribution in [0.15, 0.2) is 0 Å². The zero-order valence-electron chi connectivity index (χ0n) is 12.2. The number of piperidine rings is 1. The summed E-state index contributed by atoms with van der Waals surface area (Å²) in [4.78, 5) is 24.8. The van der Waals surface area contributed by atoms with E-state index in [9.17, 15) is 9.59 Å². The van der Waals surface area contributed by atoms with Gasteiger partial charge < -0.3 is 10.4 Å². The summed E-state index contributed by atoms with van der Waals surface area (Å²) in [6.07, 6.45) is 3.06. The molecular formula is C14H26N2O3. The molecule has 0 spiro atoms. The van der Waals surface area contributed by atoms with Crippen molar-refractivity contribution in [2.75, 3.05) is 13.1 Å². The first kappa shape index (κ1) is 16.0. The molecule has 19 heavy (non-hydrogen) atoms. The number of aliphatic carboxylic acids is 1. The Bertz CT molecular complexity index is 318. The van der Waals surface area contributed by atoms with Crippen LogP contribution in [-0.4, -0.2) is 47.1 Å². The average molecular weight is 270 g/mol. The Morgan fingerprint density at radius 3 is 2.63 bits per heavy atom. The molecule has 1 heterocycles. The number of rotatable bonds is 6. The van der Waals surface area contributed by atoms with Crippen LogP contribution in [0.1, 0.15) is 46.5 Å². The molecule has 5 heteroatoms. The SMILES string of the molecule is CC(C)NC(=O)C(C)N1CCCC(CCC(=O)O)C1. The Labute approximate surface area is 115 Å². The summed E-state index contributed by atoms with van der Waals surface area (Å²) in [5, 5.41) is 11.7. The summed E-state index contributed by atoms with van der Waals surface area (Å²) < 4.78 is 0. The molecule has 2 unspecified atom stereocenters. The minimum absolute atomic E-state index is 0.0638. The van der Waals surface area contributed by atoms with Gasteiger partial charge in [-0.05, 0) is 52.5 Å². The van der Waals surface area contributed by atoms with Gasteiger partial charge in [-0.15, -0.1) is 0 Å². The van der Waals surface area contributed by atoms with E-state index < -0.39 is 5.97 Å². The number of carboxylic acids is 1. The summed E-state index contributed by atoms with van der Waals surface area (Å²) in [7, 11) is 0. The van der Waals surface area contributed by atoms with Gasteiger partial charge in [0, 0.05) is 19.0 Å². The minimum atomic E-state index is -0.734. The van der Waals surface area contributed by atoms with Gasteiger partial charge in [0.25, 0.3) is 0 Å². The molecule has 2 atom stereocenters. The van der Waals surface area contributed by atoms with E-state index in [2.05, 4.69) is 10.2 Å². The Kier molecular flexibility index (Phi) is 6.28.